The van der Waals surface area contributed by atoms with Gasteiger partial charge in [-0.3, -0.25) is 0 Å². The third kappa shape index (κ3) is 2.92. The van der Waals surface area contributed by atoms with Crippen LogP contribution in [0.1, 0.15) is 27.9 Å². The molecule has 0 unspecified atom stereocenters. The van der Waals surface area contributed by atoms with E-state index < -0.39 is 0 Å². The van der Waals surface area contributed by atoms with Gasteiger partial charge in [-0.1, -0.05) is 6.58 Å². The van der Waals surface area contributed by atoms with Crippen LogP contribution < -0.4 is 0 Å². The Bertz CT molecular complexity index is 892. The number of fused-ring (bicyclic) bond motifs is 1. The van der Waals surface area contributed by atoms with Crippen molar-refractivity contribution in [3.63, 3.8) is 0 Å². The van der Waals surface area contributed by atoms with Crippen molar-refractivity contribution < 1.29 is 9.53 Å². The van der Waals surface area contributed by atoms with E-state index in [2.05, 4.69) is 11.6 Å². The number of pyridine rings is 1. The first-order valence-corrected chi connectivity index (χ1v) is 8.14. The molecule has 23 heavy (non-hydrogen) atoms. The van der Waals surface area contributed by atoms with E-state index in [0.29, 0.717) is 4.88 Å². The van der Waals surface area contributed by atoms with Crippen molar-refractivity contribution >= 4 is 27.5 Å². The molecular weight excluding hydrogens is 308 g/mol. The minimum atomic E-state index is -0.336. The van der Waals surface area contributed by atoms with E-state index in [1.54, 1.807) is 0 Å². The minimum Gasteiger partial charge on any atom is -0.457 e. The standard InChI is InChI=1S/C18H18N2O2S/c1-11(2)10-22-18(21)16-15(20-7-5-6-8-20)14-12(3)9-13(4)19-17(14)23-16/h5-9H,1,10H2,2-4H3. The van der Waals surface area contributed by atoms with Crippen LogP contribution in [0.5, 0.6) is 0 Å². The summed E-state index contributed by atoms with van der Waals surface area (Å²) in [5.41, 5.74) is 3.70. The highest BCUT2D eigenvalue weighted by molar-refractivity contribution is 7.21. The molecule has 0 radical (unpaired) electrons. The predicted octanol–water partition coefficient (Wildman–Crippen LogP) is 4.44. The lowest BCUT2D eigenvalue weighted by Gasteiger charge is -2.08. The van der Waals surface area contributed by atoms with Crippen molar-refractivity contribution in [1.29, 1.82) is 0 Å². The first-order chi connectivity index (χ1) is 11.0. The van der Waals surface area contributed by atoms with Crippen molar-refractivity contribution in [2.45, 2.75) is 20.8 Å². The molecule has 0 aliphatic heterocycles. The Hall–Kier alpha value is -2.40. The van der Waals surface area contributed by atoms with Gasteiger partial charge in [0.1, 0.15) is 16.3 Å². The first kappa shape index (κ1) is 15.5. The number of esters is 1. The van der Waals surface area contributed by atoms with Crippen LogP contribution in [0.2, 0.25) is 0 Å². The quantitative estimate of drug-likeness (QED) is 0.526. The Morgan fingerprint density at radius 1 is 1.35 bits per heavy atom. The van der Waals surface area contributed by atoms with Gasteiger partial charge in [0, 0.05) is 23.5 Å². The van der Waals surface area contributed by atoms with E-state index in [4.69, 9.17) is 4.74 Å². The van der Waals surface area contributed by atoms with Crippen LogP contribution in [0.3, 0.4) is 0 Å². The largest absolute Gasteiger partial charge is 0.457 e. The van der Waals surface area contributed by atoms with Crippen molar-refractivity contribution in [1.82, 2.24) is 9.55 Å². The van der Waals surface area contributed by atoms with Crippen LogP contribution in [-0.2, 0) is 4.74 Å². The van der Waals surface area contributed by atoms with Gasteiger partial charge in [-0.25, -0.2) is 9.78 Å². The molecule has 0 aliphatic rings. The number of thiophene rings is 1. The van der Waals surface area contributed by atoms with Gasteiger partial charge < -0.3 is 9.30 Å². The van der Waals surface area contributed by atoms with E-state index >= 15 is 0 Å². The van der Waals surface area contributed by atoms with Gasteiger partial charge in [0.05, 0.1) is 5.69 Å². The SMILES string of the molecule is C=C(C)COC(=O)c1sc2nc(C)cc(C)c2c1-n1cccc1. The Kier molecular flexibility index (Phi) is 4.05. The number of aryl methyl sites for hydroxylation is 2. The van der Waals surface area contributed by atoms with Crippen molar-refractivity contribution in [2.75, 3.05) is 6.61 Å². The average molecular weight is 326 g/mol. The average Bonchev–Trinajstić information content (AvgIpc) is 3.10. The predicted molar refractivity (Wildman–Crippen MR) is 93.5 cm³/mol. The van der Waals surface area contributed by atoms with Gasteiger partial charge in [0.2, 0.25) is 0 Å². The maximum Gasteiger partial charge on any atom is 0.350 e. The fourth-order valence-electron chi connectivity index (χ4n) is 2.55. The molecule has 0 aromatic carbocycles. The second kappa shape index (κ2) is 6.01. The number of hydrogen-bond donors (Lipinski definition) is 0. The number of aromatic nitrogens is 2. The van der Waals surface area contributed by atoms with Gasteiger partial charge in [-0.05, 0) is 50.1 Å². The van der Waals surface area contributed by atoms with Gasteiger partial charge in [0.15, 0.2) is 0 Å². The lowest BCUT2D eigenvalue weighted by molar-refractivity contribution is 0.0546. The van der Waals surface area contributed by atoms with Crippen molar-refractivity contribution in [2.24, 2.45) is 0 Å². The molecule has 3 aromatic rings. The van der Waals surface area contributed by atoms with E-state index in [1.807, 2.05) is 55.9 Å². The van der Waals surface area contributed by atoms with E-state index in [0.717, 1.165) is 32.7 Å². The van der Waals surface area contributed by atoms with Crippen LogP contribution in [0, 0.1) is 13.8 Å². The molecule has 0 fully saturated rings. The molecular formula is C18H18N2O2S. The third-order valence-corrected chi connectivity index (χ3v) is 4.51. The van der Waals surface area contributed by atoms with Crippen LogP contribution in [-0.4, -0.2) is 22.1 Å². The summed E-state index contributed by atoms with van der Waals surface area (Å²) in [5, 5.41) is 0.999. The highest BCUT2D eigenvalue weighted by Crippen LogP contribution is 2.36. The summed E-state index contributed by atoms with van der Waals surface area (Å²) in [6.45, 7) is 9.83. The molecule has 0 aliphatic carbocycles. The summed E-state index contributed by atoms with van der Waals surface area (Å²) in [5.74, 6) is -0.336. The molecule has 0 spiro atoms. The second-order valence-corrected chi connectivity index (χ2v) is 6.66. The zero-order chi connectivity index (χ0) is 16.6. The van der Waals surface area contributed by atoms with E-state index in [9.17, 15) is 4.79 Å². The summed E-state index contributed by atoms with van der Waals surface area (Å²) in [6.07, 6.45) is 3.85. The normalized spacial score (nSPS) is 10.9. The maximum atomic E-state index is 12.5. The number of carbonyl (C=O) groups is 1. The highest BCUT2D eigenvalue weighted by Gasteiger charge is 2.23. The summed E-state index contributed by atoms with van der Waals surface area (Å²) in [6, 6.07) is 5.90. The lowest BCUT2D eigenvalue weighted by atomic mass is 10.1. The smallest absolute Gasteiger partial charge is 0.350 e. The molecule has 0 bridgehead atoms. The molecule has 0 saturated carbocycles. The summed E-state index contributed by atoms with van der Waals surface area (Å²) >= 11 is 1.37. The lowest BCUT2D eigenvalue weighted by Crippen LogP contribution is -2.08. The fraction of sp³-hybridized carbons (Fsp3) is 0.222. The fourth-order valence-corrected chi connectivity index (χ4v) is 3.73. The summed E-state index contributed by atoms with van der Waals surface area (Å²) in [4.78, 5) is 18.5. The zero-order valence-corrected chi connectivity index (χ0v) is 14.2. The Balaban J connectivity index is 2.20. The van der Waals surface area contributed by atoms with E-state index in [1.165, 1.54) is 11.3 Å². The van der Waals surface area contributed by atoms with Gasteiger partial charge >= 0.3 is 5.97 Å². The summed E-state index contributed by atoms with van der Waals surface area (Å²) in [7, 11) is 0. The van der Waals surface area contributed by atoms with Crippen LogP contribution in [0.4, 0.5) is 0 Å². The molecule has 5 heteroatoms. The van der Waals surface area contributed by atoms with Crippen molar-refractivity contribution in [3.05, 3.63) is 58.9 Å². The molecule has 0 amide bonds. The van der Waals surface area contributed by atoms with Gasteiger partial charge in [-0.15, -0.1) is 11.3 Å². The first-order valence-electron chi connectivity index (χ1n) is 7.33. The van der Waals surface area contributed by atoms with Gasteiger partial charge in [-0.2, -0.15) is 0 Å². The monoisotopic (exact) mass is 326 g/mol. The van der Waals surface area contributed by atoms with Gasteiger partial charge in [0.25, 0.3) is 0 Å². The number of ether oxygens (including phenoxy) is 1. The maximum absolute atomic E-state index is 12.5. The zero-order valence-electron chi connectivity index (χ0n) is 13.4. The number of rotatable bonds is 4. The summed E-state index contributed by atoms with van der Waals surface area (Å²) < 4.78 is 7.30. The van der Waals surface area contributed by atoms with E-state index in [-0.39, 0.29) is 12.6 Å². The Labute approximate surface area is 139 Å². The molecule has 118 valence electrons. The number of nitrogens with zero attached hydrogens (tertiary/aromatic N) is 2. The molecule has 3 rings (SSSR count). The Morgan fingerprint density at radius 2 is 2.04 bits per heavy atom. The Morgan fingerprint density at radius 3 is 2.70 bits per heavy atom. The van der Waals surface area contributed by atoms with Crippen LogP contribution in [0.15, 0.2) is 42.7 Å². The third-order valence-electron chi connectivity index (χ3n) is 3.46. The second-order valence-electron chi connectivity index (χ2n) is 5.66. The highest BCUT2D eigenvalue weighted by atomic mass is 32.1. The molecule has 0 saturated heterocycles. The molecule has 3 heterocycles. The molecule has 4 nitrogen and oxygen atoms in total. The van der Waals surface area contributed by atoms with Crippen molar-refractivity contribution in [3.8, 4) is 5.69 Å². The topological polar surface area (TPSA) is 44.1 Å². The number of carbonyl (C=O) groups excluding carboxylic acids is 1. The number of hydrogen-bond acceptors (Lipinski definition) is 4. The minimum absolute atomic E-state index is 0.226. The van der Waals surface area contributed by atoms with Crippen LogP contribution in [0.25, 0.3) is 15.9 Å². The molecule has 3 aromatic heterocycles. The van der Waals surface area contributed by atoms with Crippen LogP contribution >= 0.6 is 11.3 Å². The molecule has 0 atom stereocenters. The molecule has 0 N–H and O–H groups in total.